The molecule has 0 spiro atoms. The molecule has 1 aromatic rings. The first-order valence-electron chi connectivity index (χ1n) is 8.44. The van der Waals surface area contributed by atoms with Gasteiger partial charge in [-0.2, -0.15) is 0 Å². The maximum atomic E-state index is 11.6. The standard InChI is InChI=1S/C17H26N2O5S/c1-12(2)13-7-9-17(3,10-8-13)24-16-11-14(19(20)21)5-6-15(16)18-25(4,22)23/h5-6,11-13,18H,7-10H2,1-4H3. The summed E-state index contributed by atoms with van der Waals surface area (Å²) in [4.78, 5) is 10.5. The topological polar surface area (TPSA) is 98.5 Å². The maximum absolute atomic E-state index is 11.6. The highest BCUT2D eigenvalue weighted by atomic mass is 32.2. The summed E-state index contributed by atoms with van der Waals surface area (Å²) in [5.41, 5.74) is -0.372. The Bertz CT molecular complexity index is 737. The van der Waals surface area contributed by atoms with Gasteiger partial charge in [-0.05, 0) is 50.5 Å². The van der Waals surface area contributed by atoms with Crippen LogP contribution in [0.15, 0.2) is 18.2 Å². The molecule has 8 heteroatoms. The smallest absolute Gasteiger partial charge is 0.273 e. The van der Waals surface area contributed by atoms with Crippen LogP contribution < -0.4 is 9.46 Å². The molecule has 0 bridgehead atoms. The second kappa shape index (κ2) is 7.19. The number of nitro groups is 1. The average Bonchev–Trinajstić information content (AvgIpc) is 2.47. The van der Waals surface area contributed by atoms with Crippen LogP contribution in [-0.4, -0.2) is 25.2 Å². The van der Waals surface area contributed by atoms with Crippen molar-refractivity contribution >= 4 is 21.4 Å². The van der Waals surface area contributed by atoms with Crippen molar-refractivity contribution in [2.24, 2.45) is 11.8 Å². The number of nitrogens with one attached hydrogen (secondary N) is 1. The van der Waals surface area contributed by atoms with Crippen molar-refractivity contribution in [3.05, 3.63) is 28.3 Å². The molecule has 1 N–H and O–H groups in total. The fourth-order valence-electron chi connectivity index (χ4n) is 3.28. The molecule has 0 atom stereocenters. The Morgan fingerprint density at radius 3 is 2.40 bits per heavy atom. The second-order valence-corrected chi connectivity index (χ2v) is 9.19. The van der Waals surface area contributed by atoms with E-state index in [1.54, 1.807) is 0 Å². The van der Waals surface area contributed by atoms with Crippen molar-refractivity contribution in [2.75, 3.05) is 11.0 Å². The lowest BCUT2D eigenvalue weighted by Crippen LogP contribution is -2.38. The molecule has 1 aliphatic carbocycles. The fourth-order valence-corrected chi connectivity index (χ4v) is 3.85. The summed E-state index contributed by atoms with van der Waals surface area (Å²) in [7, 11) is -3.51. The Morgan fingerprint density at radius 1 is 1.32 bits per heavy atom. The first-order valence-corrected chi connectivity index (χ1v) is 10.3. The number of anilines is 1. The zero-order chi connectivity index (χ0) is 18.8. The summed E-state index contributed by atoms with van der Waals surface area (Å²) >= 11 is 0. The van der Waals surface area contributed by atoms with Gasteiger partial charge in [-0.3, -0.25) is 14.8 Å². The summed E-state index contributed by atoms with van der Waals surface area (Å²) in [5.74, 6) is 1.46. The Morgan fingerprint density at radius 2 is 1.92 bits per heavy atom. The number of nitro benzene ring substituents is 1. The van der Waals surface area contributed by atoms with Gasteiger partial charge >= 0.3 is 0 Å². The lowest BCUT2D eigenvalue weighted by atomic mass is 9.75. The molecule has 1 aliphatic rings. The van der Waals surface area contributed by atoms with Crippen LogP contribution in [0.2, 0.25) is 0 Å². The molecule has 0 aliphatic heterocycles. The molecule has 25 heavy (non-hydrogen) atoms. The highest BCUT2D eigenvalue weighted by Crippen LogP contribution is 2.41. The minimum absolute atomic E-state index is 0.131. The molecule has 140 valence electrons. The molecule has 1 saturated carbocycles. The molecule has 0 unspecified atom stereocenters. The molecule has 0 aromatic heterocycles. The van der Waals surface area contributed by atoms with E-state index in [9.17, 15) is 18.5 Å². The lowest BCUT2D eigenvalue weighted by molar-refractivity contribution is -0.385. The predicted molar refractivity (Wildman–Crippen MR) is 97.4 cm³/mol. The van der Waals surface area contributed by atoms with Crippen molar-refractivity contribution in [1.82, 2.24) is 0 Å². The Kier molecular flexibility index (Phi) is 5.61. The van der Waals surface area contributed by atoms with Crippen LogP contribution in [0.5, 0.6) is 5.75 Å². The number of benzene rings is 1. The van der Waals surface area contributed by atoms with Crippen LogP contribution in [0, 0.1) is 22.0 Å². The molecular weight excluding hydrogens is 344 g/mol. The maximum Gasteiger partial charge on any atom is 0.273 e. The number of hydrogen-bond acceptors (Lipinski definition) is 5. The van der Waals surface area contributed by atoms with Gasteiger partial charge in [-0.15, -0.1) is 0 Å². The molecule has 0 heterocycles. The number of hydrogen-bond donors (Lipinski definition) is 1. The summed E-state index contributed by atoms with van der Waals surface area (Å²) in [6.07, 6.45) is 4.75. The van der Waals surface area contributed by atoms with Gasteiger partial charge in [-0.1, -0.05) is 13.8 Å². The van der Waals surface area contributed by atoms with E-state index in [2.05, 4.69) is 18.6 Å². The van der Waals surface area contributed by atoms with Crippen molar-refractivity contribution in [1.29, 1.82) is 0 Å². The van der Waals surface area contributed by atoms with Gasteiger partial charge in [0.1, 0.15) is 5.60 Å². The highest BCUT2D eigenvalue weighted by molar-refractivity contribution is 7.92. The van der Waals surface area contributed by atoms with Gasteiger partial charge < -0.3 is 4.74 Å². The lowest BCUT2D eigenvalue weighted by Gasteiger charge is -2.39. The fraction of sp³-hybridized carbons (Fsp3) is 0.647. The van der Waals surface area contributed by atoms with Gasteiger partial charge in [0.15, 0.2) is 5.75 Å². The normalized spacial score (nSPS) is 24.1. The van der Waals surface area contributed by atoms with Crippen LogP contribution in [-0.2, 0) is 10.0 Å². The van der Waals surface area contributed by atoms with E-state index >= 15 is 0 Å². The van der Waals surface area contributed by atoms with E-state index < -0.39 is 20.5 Å². The second-order valence-electron chi connectivity index (χ2n) is 7.45. The molecule has 0 saturated heterocycles. The van der Waals surface area contributed by atoms with Crippen LogP contribution >= 0.6 is 0 Å². The van der Waals surface area contributed by atoms with Crippen LogP contribution in [0.4, 0.5) is 11.4 Å². The molecule has 2 rings (SSSR count). The number of non-ortho nitro benzene ring substituents is 1. The van der Waals surface area contributed by atoms with E-state index in [-0.39, 0.29) is 17.1 Å². The number of sulfonamides is 1. The largest absolute Gasteiger partial charge is 0.485 e. The van der Waals surface area contributed by atoms with Gasteiger partial charge in [0.25, 0.3) is 5.69 Å². The van der Waals surface area contributed by atoms with Crippen molar-refractivity contribution in [2.45, 2.75) is 52.1 Å². The molecule has 0 amide bonds. The Labute approximate surface area is 149 Å². The first-order chi connectivity index (χ1) is 11.5. The highest BCUT2D eigenvalue weighted by Gasteiger charge is 2.35. The summed E-state index contributed by atoms with van der Waals surface area (Å²) in [5, 5.41) is 11.1. The monoisotopic (exact) mass is 370 g/mol. The van der Waals surface area contributed by atoms with Crippen LogP contribution in [0.25, 0.3) is 0 Å². The van der Waals surface area contributed by atoms with Gasteiger partial charge in [-0.25, -0.2) is 8.42 Å². The van der Waals surface area contributed by atoms with Gasteiger partial charge in [0.05, 0.1) is 22.9 Å². The molecule has 1 fully saturated rings. The third kappa shape index (κ3) is 5.32. The number of ether oxygens (including phenoxy) is 1. The Balaban J connectivity index is 2.27. The van der Waals surface area contributed by atoms with Crippen molar-refractivity contribution in [3.8, 4) is 5.75 Å². The van der Waals surface area contributed by atoms with Crippen molar-refractivity contribution in [3.63, 3.8) is 0 Å². The molecular formula is C17H26N2O5S. The zero-order valence-electron chi connectivity index (χ0n) is 15.1. The minimum atomic E-state index is -3.51. The molecule has 7 nitrogen and oxygen atoms in total. The average molecular weight is 370 g/mol. The quantitative estimate of drug-likeness (QED) is 0.604. The zero-order valence-corrected chi connectivity index (χ0v) is 15.9. The third-order valence-corrected chi connectivity index (χ3v) is 5.45. The minimum Gasteiger partial charge on any atom is -0.485 e. The van der Waals surface area contributed by atoms with Crippen LogP contribution in [0.1, 0.15) is 46.5 Å². The predicted octanol–water partition coefficient (Wildman–Crippen LogP) is 3.95. The molecule has 1 aromatic carbocycles. The van der Waals surface area contributed by atoms with E-state index in [1.165, 1.54) is 18.2 Å². The van der Waals surface area contributed by atoms with Gasteiger partial charge in [0, 0.05) is 6.07 Å². The van der Waals surface area contributed by atoms with Gasteiger partial charge in [0.2, 0.25) is 10.0 Å². The van der Waals surface area contributed by atoms with Crippen LogP contribution in [0.3, 0.4) is 0 Å². The van der Waals surface area contributed by atoms with Crippen molar-refractivity contribution < 1.29 is 18.1 Å². The third-order valence-electron chi connectivity index (χ3n) is 4.86. The van der Waals surface area contributed by atoms with E-state index in [1.807, 2.05) is 6.92 Å². The first kappa shape index (κ1) is 19.5. The number of rotatable bonds is 6. The summed E-state index contributed by atoms with van der Waals surface area (Å²) < 4.78 is 31.6. The summed E-state index contributed by atoms with van der Waals surface area (Å²) in [6, 6.07) is 3.92. The summed E-state index contributed by atoms with van der Waals surface area (Å²) in [6.45, 7) is 6.40. The van der Waals surface area contributed by atoms with E-state index in [0.29, 0.717) is 11.8 Å². The SMILES string of the molecule is CC(C)C1CCC(C)(Oc2cc([N+](=O)[O-])ccc2NS(C)(=O)=O)CC1. The van der Waals surface area contributed by atoms with E-state index in [4.69, 9.17) is 4.74 Å². The Hall–Kier alpha value is -1.83. The number of nitrogens with zero attached hydrogens (tertiary/aromatic N) is 1. The molecule has 0 radical (unpaired) electrons. The van der Waals surface area contributed by atoms with E-state index in [0.717, 1.165) is 31.9 Å².